The van der Waals surface area contributed by atoms with Gasteiger partial charge in [0, 0.05) is 12.7 Å². The van der Waals surface area contributed by atoms with E-state index in [1.165, 1.54) is 4.57 Å². The van der Waals surface area contributed by atoms with E-state index in [1.54, 1.807) is 18.3 Å². The number of aromatic nitrogens is 2. The first-order chi connectivity index (χ1) is 8.69. The van der Waals surface area contributed by atoms with Gasteiger partial charge >= 0.3 is 0 Å². The monoisotopic (exact) mass is 248 g/mol. The molecule has 2 aromatic rings. The van der Waals surface area contributed by atoms with E-state index in [0.29, 0.717) is 23.6 Å². The van der Waals surface area contributed by atoms with E-state index in [9.17, 15) is 4.79 Å². The normalized spacial score (nSPS) is 10.8. The molecule has 0 saturated heterocycles. The van der Waals surface area contributed by atoms with Gasteiger partial charge in [-0.2, -0.15) is 0 Å². The van der Waals surface area contributed by atoms with Crippen molar-refractivity contribution >= 4 is 22.4 Å². The Balaban J connectivity index is 2.76. The quantitative estimate of drug-likeness (QED) is 0.728. The Hall–Kier alpha value is -2.08. The van der Waals surface area contributed by atoms with Gasteiger partial charge in [-0.3, -0.25) is 9.36 Å². The van der Waals surface area contributed by atoms with Crippen LogP contribution in [0, 0.1) is 0 Å². The third-order valence-electron chi connectivity index (χ3n) is 2.73. The van der Waals surface area contributed by atoms with E-state index < -0.39 is 0 Å². The Labute approximate surface area is 104 Å². The Morgan fingerprint density at radius 1 is 1.56 bits per heavy atom. The predicted octanol–water partition coefficient (Wildman–Crippen LogP) is 0.403. The van der Waals surface area contributed by atoms with Crippen LogP contribution in [0.15, 0.2) is 23.1 Å². The number of rotatable bonds is 4. The lowest BCUT2D eigenvalue weighted by atomic mass is 10.2. The zero-order chi connectivity index (χ0) is 13.1. The molecule has 0 aliphatic carbocycles. The average molecular weight is 248 g/mol. The number of fused-ring (bicyclic) bond motifs is 1. The second-order valence-electron chi connectivity index (χ2n) is 3.90. The van der Waals surface area contributed by atoms with Gasteiger partial charge in [0.25, 0.3) is 5.56 Å². The summed E-state index contributed by atoms with van der Waals surface area (Å²) in [7, 11) is 0. The summed E-state index contributed by atoms with van der Waals surface area (Å²) in [5.41, 5.74) is 5.58. The van der Waals surface area contributed by atoms with Gasteiger partial charge in [0.15, 0.2) is 0 Å². The van der Waals surface area contributed by atoms with E-state index in [-0.39, 0.29) is 18.7 Å². The summed E-state index contributed by atoms with van der Waals surface area (Å²) in [4.78, 5) is 16.5. The van der Waals surface area contributed by atoms with Crippen LogP contribution in [0.25, 0.3) is 10.8 Å². The van der Waals surface area contributed by atoms with Gasteiger partial charge < -0.3 is 16.2 Å². The smallest absolute Gasteiger partial charge is 0.263 e. The van der Waals surface area contributed by atoms with Crippen LogP contribution in [0.3, 0.4) is 0 Å². The summed E-state index contributed by atoms with van der Waals surface area (Å²) in [6, 6.07) is 3.46. The minimum absolute atomic E-state index is 0.133. The molecule has 0 fully saturated rings. The highest BCUT2D eigenvalue weighted by Crippen LogP contribution is 2.19. The van der Waals surface area contributed by atoms with Crippen molar-refractivity contribution in [3.8, 4) is 0 Å². The van der Waals surface area contributed by atoms with Crippen LogP contribution in [0.4, 0.5) is 11.6 Å². The SMILES string of the molecule is CCNc1nccc2cc(N)n(CCO)c(=O)c12. The maximum atomic E-state index is 12.3. The van der Waals surface area contributed by atoms with Crippen molar-refractivity contribution < 1.29 is 5.11 Å². The molecule has 0 radical (unpaired) electrons. The van der Waals surface area contributed by atoms with Gasteiger partial charge in [-0.05, 0) is 24.4 Å². The number of pyridine rings is 2. The molecule has 0 aliphatic rings. The second-order valence-corrected chi connectivity index (χ2v) is 3.90. The van der Waals surface area contributed by atoms with Crippen LogP contribution in [0.2, 0.25) is 0 Å². The summed E-state index contributed by atoms with van der Waals surface area (Å²) in [5.74, 6) is 0.891. The fourth-order valence-electron chi connectivity index (χ4n) is 1.94. The number of nitrogens with two attached hydrogens (primary N) is 1. The summed E-state index contributed by atoms with van der Waals surface area (Å²) < 4.78 is 1.35. The number of aliphatic hydroxyl groups excluding tert-OH is 1. The molecule has 2 rings (SSSR count). The molecule has 0 bridgehead atoms. The lowest BCUT2D eigenvalue weighted by Crippen LogP contribution is -2.25. The Kier molecular flexibility index (Phi) is 3.47. The topological polar surface area (TPSA) is 93.2 Å². The van der Waals surface area contributed by atoms with E-state index in [2.05, 4.69) is 10.3 Å². The first-order valence-electron chi connectivity index (χ1n) is 5.81. The largest absolute Gasteiger partial charge is 0.395 e. The van der Waals surface area contributed by atoms with Crippen LogP contribution < -0.4 is 16.6 Å². The first-order valence-corrected chi connectivity index (χ1v) is 5.81. The van der Waals surface area contributed by atoms with Crippen molar-refractivity contribution in [1.29, 1.82) is 0 Å². The molecule has 0 atom stereocenters. The molecule has 6 heteroatoms. The molecule has 6 nitrogen and oxygen atoms in total. The molecule has 0 spiro atoms. The van der Waals surface area contributed by atoms with Crippen molar-refractivity contribution in [1.82, 2.24) is 9.55 Å². The van der Waals surface area contributed by atoms with Gasteiger partial charge in [-0.1, -0.05) is 0 Å². The number of nitrogens with zero attached hydrogens (tertiary/aromatic N) is 2. The molecule has 4 N–H and O–H groups in total. The highest BCUT2D eigenvalue weighted by molar-refractivity contribution is 5.92. The van der Waals surface area contributed by atoms with Crippen LogP contribution in [-0.4, -0.2) is 27.8 Å². The minimum Gasteiger partial charge on any atom is -0.395 e. The number of hydrogen-bond acceptors (Lipinski definition) is 5. The van der Waals surface area contributed by atoms with Crippen molar-refractivity contribution in [3.63, 3.8) is 0 Å². The highest BCUT2D eigenvalue weighted by Gasteiger charge is 2.11. The zero-order valence-corrected chi connectivity index (χ0v) is 10.2. The maximum Gasteiger partial charge on any atom is 0.263 e. The summed E-state index contributed by atoms with van der Waals surface area (Å²) in [5, 5.41) is 13.3. The zero-order valence-electron chi connectivity index (χ0n) is 10.2. The van der Waals surface area contributed by atoms with Crippen LogP contribution in [0.5, 0.6) is 0 Å². The van der Waals surface area contributed by atoms with Crippen LogP contribution in [0.1, 0.15) is 6.92 Å². The van der Waals surface area contributed by atoms with Gasteiger partial charge in [-0.15, -0.1) is 0 Å². The molecule has 18 heavy (non-hydrogen) atoms. The van der Waals surface area contributed by atoms with E-state index in [4.69, 9.17) is 10.8 Å². The first kappa shape index (κ1) is 12.4. The van der Waals surface area contributed by atoms with Crippen LogP contribution in [-0.2, 0) is 6.54 Å². The van der Waals surface area contributed by atoms with Crippen LogP contribution >= 0.6 is 0 Å². The number of aliphatic hydroxyl groups is 1. The Morgan fingerprint density at radius 2 is 2.33 bits per heavy atom. The van der Waals surface area contributed by atoms with Crippen molar-refractivity contribution in [2.75, 3.05) is 24.2 Å². The lowest BCUT2D eigenvalue weighted by Gasteiger charge is -2.12. The van der Waals surface area contributed by atoms with Crippen molar-refractivity contribution in [3.05, 3.63) is 28.7 Å². The third kappa shape index (κ3) is 2.02. The maximum absolute atomic E-state index is 12.3. The number of nitrogens with one attached hydrogen (secondary N) is 1. The van der Waals surface area contributed by atoms with Crippen molar-refractivity contribution in [2.45, 2.75) is 13.5 Å². The minimum atomic E-state index is -0.233. The molecule has 96 valence electrons. The van der Waals surface area contributed by atoms with E-state index >= 15 is 0 Å². The summed E-state index contributed by atoms with van der Waals surface area (Å²) >= 11 is 0. The molecule has 0 aromatic carbocycles. The molecule has 0 unspecified atom stereocenters. The standard InChI is InChI=1S/C12H16N4O2/c1-2-14-11-10-8(3-4-15-11)7-9(13)16(5-6-17)12(10)18/h3-4,7,17H,2,5-6,13H2,1H3,(H,14,15). The summed E-state index contributed by atoms with van der Waals surface area (Å²) in [6.45, 7) is 2.66. The Morgan fingerprint density at radius 3 is 3.00 bits per heavy atom. The predicted molar refractivity (Wildman–Crippen MR) is 71.7 cm³/mol. The van der Waals surface area contributed by atoms with Gasteiger partial charge in [0.2, 0.25) is 0 Å². The molecule has 2 heterocycles. The molecule has 0 saturated carbocycles. The molecular weight excluding hydrogens is 232 g/mol. The molecule has 0 aliphatic heterocycles. The lowest BCUT2D eigenvalue weighted by molar-refractivity contribution is 0.275. The highest BCUT2D eigenvalue weighted by atomic mass is 16.3. The van der Waals surface area contributed by atoms with Gasteiger partial charge in [-0.25, -0.2) is 4.98 Å². The number of nitrogen functional groups attached to an aromatic ring is 1. The average Bonchev–Trinajstić information content (AvgIpc) is 2.34. The number of anilines is 2. The fraction of sp³-hybridized carbons (Fsp3) is 0.333. The summed E-state index contributed by atoms with van der Waals surface area (Å²) in [6.07, 6.45) is 1.63. The van der Waals surface area contributed by atoms with Gasteiger partial charge in [0.1, 0.15) is 11.6 Å². The molecule has 0 amide bonds. The van der Waals surface area contributed by atoms with Gasteiger partial charge in [0.05, 0.1) is 18.5 Å². The number of hydrogen-bond donors (Lipinski definition) is 3. The van der Waals surface area contributed by atoms with Crippen molar-refractivity contribution in [2.24, 2.45) is 0 Å². The molecular formula is C12H16N4O2. The molecule has 2 aromatic heterocycles. The third-order valence-corrected chi connectivity index (χ3v) is 2.73. The fourth-order valence-corrected chi connectivity index (χ4v) is 1.94. The second kappa shape index (κ2) is 5.05. The van der Waals surface area contributed by atoms with E-state index in [0.717, 1.165) is 5.39 Å². The Bertz CT molecular complexity index is 621. The van der Waals surface area contributed by atoms with E-state index in [1.807, 2.05) is 6.92 Å².